The highest BCUT2D eigenvalue weighted by atomic mass is 32.1. The van der Waals surface area contributed by atoms with Crippen LogP contribution in [-0.2, 0) is 4.74 Å². The molecular formula is C11H15NO2S. The number of aryl methyl sites for hydroxylation is 1. The minimum absolute atomic E-state index is 0.0245. The summed E-state index contributed by atoms with van der Waals surface area (Å²) in [5.41, 5.74) is 0.617. The van der Waals surface area contributed by atoms with Crippen molar-refractivity contribution in [1.29, 1.82) is 0 Å². The van der Waals surface area contributed by atoms with Gasteiger partial charge in [-0.3, -0.25) is 4.79 Å². The van der Waals surface area contributed by atoms with Crippen molar-refractivity contribution in [3.63, 3.8) is 0 Å². The second kappa shape index (κ2) is 4.41. The topological polar surface area (TPSA) is 39.2 Å². The second-order valence-electron chi connectivity index (χ2n) is 3.83. The molecule has 3 nitrogen and oxygen atoms in total. The Morgan fingerprint density at radius 2 is 2.53 bits per heavy atom. The zero-order chi connectivity index (χ0) is 10.8. The quantitative estimate of drug-likeness (QED) is 0.742. The fourth-order valence-corrected chi connectivity index (χ4v) is 2.62. The van der Waals surface area contributed by atoms with Crippen molar-refractivity contribution in [3.8, 4) is 0 Å². The van der Waals surface area contributed by atoms with Gasteiger partial charge in [0.1, 0.15) is 5.69 Å². The van der Waals surface area contributed by atoms with Gasteiger partial charge in [-0.15, -0.1) is 11.3 Å². The minimum Gasteiger partial charge on any atom is -0.377 e. The molecule has 0 amide bonds. The highest BCUT2D eigenvalue weighted by molar-refractivity contribution is 7.09. The molecule has 0 bridgehead atoms. The molecule has 2 unspecified atom stereocenters. The average molecular weight is 225 g/mol. The molecule has 82 valence electrons. The Kier molecular flexibility index (Phi) is 3.17. The van der Waals surface area contributed by atoms with E-state index in [1.54, 1.807) is 0 Å². The first-order valence-corrected chi connectivity index (χ1v) is 6.18. The van der Waals surface area contributed by atoms with Gasteiger partial charge in [-0.05, 0) is 19.8 Å². The van der Waals surface area contributed by atoms with E-state index in [1.807, 2.05) is 12.3 Å². The molecule has 0 spiro atoms. The van der Waals surface area contributed by atoms with E-state index >= 15 is 0 Å². The molecular weight excluding hydrogens is 210 g/mol. The van der Waals surface area contributed by atoms with E-state index in [9.17, 15) is 4.79 Å². The largest absolute Gasteiger partial charge is 0.377 e. The summed E-state index contributed by atoms with van der Waals surface area (Å²) >= 11 is 1.53. The van der Waals surface area contributed by atoms with Crippen LogP contribution in [0.2, 0.25) is 0 Å². The summed E-state index contributed by atoms with van der Waals surface area (Å²) in [6.07, 6.45) is 1.84. The number of rotatable bonds is 3. The highest BCUT2D eigenvalue weighted by Gasteiger charge is 2.34. The summed E-state index contributed by atoms with van der Waals surface area (Å²) in [6.45, 7) is 4.69. The molecule has 1 saturated heterocycles. The first-order chi connectivity index (χ1) is 7.22. The van der Waals surface area contributed by atoms with Gasteiger partial charge in [-0.2, -0.15) is 0 Å². The summed E-state index contributed by atoms with van der Waals surface area (Å²) in [5, 5.41) is 2.80. The third-order valence-corrected chi connectivity index (χ3v) is 3.59. The van der Waals surface area contributed by atoms with Gasteiger partial charge in [-0.25, -0.2) is 4.98 Å². The third kappa shape index (κ3) is 2.11. The number of carbonyl (C=O) groups excluding carboxylic acids is 1. The van der Waals surface area contributed by atoms with E-state index < -0.39 is 0 Å². The maximum absolute atomic E-state index is 12.1. The van der Waals surface area contributed by atoms with Crippen LogP contribution in [0.3, 0.4) is 0 Å². The molecule has 0 N–H and O–H groups in total. The van der Waals surface area contributed by atoms with Gasteiger partial charge < -0.3 is 4.74 Å². The Hall–Kier alpha value is -0.740. The van der Waals surface area contributed by atoms with Gasteiger partial charge >= 0.3 is 0 Å². The monoisotopic (exact) mass is 225 g/mol. The SMILES string of the molecule is CCC1OCCC1C(=O)c1csc(C)n1. The van der Waals surface area contributed by atoms with E-state index in [0.717, 1.165) is 17.8 Å². The van der Waals surface area contributed by atoms with Gasteiger partial charge in [0, 0.05) is 12.0 Å². The highest BCUT2D eigenvalue weighted by Crippen LogP contribution is 2.27. The Balaban J connectivity index is 2.13. The fraction of sp³-hybridized carbons (Fsp3) is 0.636. The molecule has 15 heavy (non-hydrogen) atoms. The van der Waals surface area contributed by atoms with Gasteiger partial charge in [0.15, 0.2) is 5.78 Å². The molecule has 0 radical (unpaired) electrons. The summed E-state index contributed by atoms with van der Waals surface area (Å²) < 4.78 is 5.52. The van der Waals surface area contributed by atoms with Crippen molar-refractivity contribution in [2.75, 3.05) is 6.61 Å². The number of carbonyl (C=O) groups is 1. The summed E-state index contributed by atoms with van der Waals surface area (Å²) in [4.78, 5) is 16.3. The Labute approximate surface area is 93.5 Å². The lowest BCUT2D eigenvalue weighted by Gasteiger charge is -2.13. The summed E-state index contributed by atoms with van der Waals surface area (Å²) in [7, 11) is 0. The van der Waals surface area contributed by atoms with Gasteiger partial charge in [0.05, 0.1) is 17.0 Å². The molecule has 1 aromatic heterocycles. The maximum atomic E-state index is 12.1. The van der Waals surface area contributed by atoms with Crippen LogP contribution in [0.1, 0.15) is 35.3 Å². The van der Waals surface area contributed by atoms with E-state index in [2.05, 4.69) is 11.9 Å². The smallest absolute Gasteiger partial charge is 0.187 e. The number of ether oxygens (including phenoxy) is 1. The number of ketones is 1. The number of Topliss-reactive ketones (excluding diaryl/α,β-unsaturated/α-hetero) is 1. The lowest BCUT2D eigenvalue weighted by molar-refractivity contribution is 0.0685. The van der Waals surface area contributed by atoms with Crippen molar-refractivity contribution in [2.45, 2.75) is 32.8 Å². The number of hydrogen-bond acceptors (Lipinski definition) is 4. The zero-order valence-electron chi connectivity index (χ0n) is 9.03. The maximum Gasteiger partial charge on any atom is 0.187 e. The van der Waals surface area contributed by atoms with Crippen LogP contribution in [0.4, 0.5) is 0 Å². The van der Waals surface area contributed by atoms with Crippen LogP contribution >= 0.6 is 11.3 Å². The molecule has 1 aliphatic rings. The number of aromatic nitrogens is 1. The van der Waals surface area contributed by atoms with E-state index in [1.165, 1.54) is 11.3 Å². The van der Waals surface area contributed by atoms with Gasteiger partial charge in [0.2, 0.25) is 0 Å². The number of hydrogen-bond donors (Lipinski definition) is 0. The molecule has 2 rings (SSSR count). The lowest BCUT2D eigenvalue weighted by atomic mass is 9.93. The number of nitrogens with zero attached hydrogens (tertiary/aromatic N) is 1. The Morgan fingerprint density at radius 1 is 1.73 bits per heavy atom. The normalized spacial score (nSPS) is 25.7. The van der Waals surface area contributed by atoms with Crippen LogP contribution in [0.15, 0.2) is 5.38 Å². The molecule has 0 aliphatic carbocycles. The molecule has 2 heterocycles. The van der Waals surface area contributed by atoms with Crippen molar-refractivity contribution >= 4 is 17.1 Å². The predicted molar refractivity (Wildman–Crippen MR) is 59.3 cm³/mol. The molecule has 4 heteroatoms. The number of thiazole rings is 1. The van der Waals surface area contributed by atoms with Crippen LogP contribution < -0.4 is 0 Å². The zero-order valence-corrected chi connectivity index (χ0v) is 9.84. The molecule has 1 fully saturated rings. The molecule has 0 aromatic carbocycles. The summed E-state index contributed by atoms with van der Waals surface area (Å²) in [6, 6.07) is 0. The fourth-order valence-electron chi connectivity index (χ4n) is 2.02. The second-order valence-corrected chi connectivity index (χ2v) is 4.89. The molecule has 2 atom stereocenters. The average Bonchev–Trinajstić information content (AvgIpc) is 2.84. The van der Waals surface area contributed by atoms with Crippen molar-refractivity contribution in [2.24, 2.45) is 5.92 Å². The first kappa shape index (κ1) is 10.8. The standard InChI is InChI=1S/C11H15NO2S/c1-3-10-8(4-5-14-10)11(13)9-6-15-7(2)12-9/h6,8,10H,3-5H2,1-2H3. The van der Waals surface area contributed by atoms with Gasteiger partial charge in [0.25, 0.3) is 0 Å². The van der Waals surface area contributed by atoms with E-state index in [4.69, 9.17) is 4.74 Å². The molecule has 1 aliphatic heterocycles. The van der Waals surface area contributed by atoms with E-state index in [0.29, 0.717) is 12.3 Å². The van der Waals surface area contributed by atoms with Crippen LogP contribution in [0, 0.1) is 12.8 Å². The summed E-state index contributed by atoms with van der Waals surface area (Å²) in [5.74, 6) is 0.181. The van der Waals surface area contributed by atoms with Crippen LogP contribution in [0.5, 0.6) is 0 Å². The molecule has 0 saturated carbocycles. The van der Waals surface area contributed by atoms with Crippen molar-refractivity contribution in [1.82, 2.24) is 4.98 Å². The Morgan fingerprint density at radius 3 is 3.13 bits per heavy atom. The first-order valence-electron chi connectivity index (χ1n) is 5.30. The Bertz CT molecular complexity index is 361. The van der Waals surface area contributed by atoms with Gasteiger partial charge in [-0.1, -0.05) is 6.92 Å². The minimum atomic E-state index is 0.0245. The van der Waals surface area contributed by atoms with Crippen LogP contribution in [-0.4, -0.2) is 23.5 Å². The lowest BCUT2D eigenvalue weighted by Crippen LogP contribution is -2.24. The van der Waals surface area contributed by atoms with E-state index in [-0.39, 0.29) is 17.8 Å². The predicted octanol–water partition coefficient (Wildman–Crippen LogP) is 2.45. The molecule has 1 aromatic rings. The third-order valence-electron chi connectivity index (χ3n) is 2.82. The van der Waals surface area contributed by atoms with Crippen molar-refractivity contribution in [3.05, 3.63) is 16.1 Å². The van der Waals surface area contributed by atoms with Crippen LogP contribution in [0.25, 0.3) is 0 Å². The van der Waals surface area contributed by atoms with Crippen molar-refractivity contribution < 1.29 is 9.53 Å².